The Bertz CT molecular complexity index is 1110. The summed E-state index contributed by atoms with van der Waals surface area (Å²) in [7, 11) is 0. The Balaban J connectivity index is 1.82. The number of esters is 4. The van der Waals surface area contributed by atoms with Gasteiger partial charge in [-0.15, -0.1) is 0 Å². The Labute approximate surface area is 177 Å². The molecular formula is C19H12N2O11. The van der Waals surface area contributed by atoms with E-state index in [4.69, 9.17) is 0 Å². The summed E-state index contributed by atoms with van der Waals surface area (Å²) < 4.78 is 8.81. The van der Waals surface area contributed by atoms with Gasteiger partial charge in [-0.05, 0) is 24.3 Å². The van der Waals surface area contributed by atoms with Gasteiger partial charge in [-0.3, -0.25) is 29.8 Å². The summed E-state index contributed by atoms with van der Waals surface area (Å²) >= 11 is 0. The number of carbonyl (C=O) groups is 5. The van der Waals surface area contributed by atoms with Crippen LogP contribution in [-0.4, -0.2) is 39.5 Å². The molecule has 2 aromatic rings. The average molecular weight is 444 g/mol. The van der Waals surface area contributed by atoms with Gasteiger partial charge in [0.15, 0.2) is 0 Å². The van der Waals surface area contributed by atoms with Crippen LogP contribution in [0.4, 0.5) is 11.4 Å². The van der Waals surface area contributed by atoms with E-state index < -0.39 is 52.3 Å². The predicted molar refractivity (Wildman–Crippen MR) is 101 cm³/mol. The molecule has 0 N–H and O–H groups in total. The molecule has 0 radical (unpaired) electrons. The molecule has 13 heteroatoms. The summed E-state index contributed by atoms with van der Waals surface area (Å²) in [5, 5.41) is 21.1. The summed E-state index contributed by atoms with van der Waals surface area (Å²) in [6, 6.07) is 8.26. The third-order valence-electron chi connectivity index (χ3n) is 3.80. The molecule has 0 fully saturated rings. The molecule has 0 unspecified atom stereocenters. The van der Waals surface area contributed by atoms with Crippen molar-refractivity contribution in [1.82, 2.24) is 0 Å². The molecule has 0 spiro atoms. The maximum absolute atomic E-state index is 11.8. The lowest BCUT2D eigenvalue weighted by atomic mass is 10.2. The topological polar surface area (TPSA) is 190 Å². The molecule has 2 rings (SSSR count). The fourth-order valence-electron chi connectivity index (χ4n) is 2.17. The average Bonchev–Trinajstić information content (AvgIpc) is 2.77. The molecule has 0 bridgehead atoms. The first kappa shape index (κ1) is 23.5. The van der Waals surface area contributed by atoms with Crippen LogP contribution in [0.25, 0.3) is 0 Å². The molecule has 164 valence electrons. The van der Waals surface area contributed by atoms with Gasteiger partial charge >= 0.3 is 23.9 Å². The number of ketones is 1. The first-order valence-corrected chi connectivity index (χ1v) is 8.61. The van der Waals surface area contributed by atoms with E-state index in [-0.39, 0.29) is 22.5 Å². The van der Waals surface area contributed by atoms with E-state index in [9.17, 15) is 44.2 Å². The predicted octanol–water partition coefficient (Wildman–Crippen LogP) is 1.92. The second kappa shape index (κ2) is 10.3. The number of carbonyl (C=O) groups excluding carboxylic acids is 5. The molecule has 2 aromatic carbocycles. The summed E-state index contributed by atoms with van der Waals surface area (Å²) in [5.41, 5.74) is -0.945. The third kappa shape index (κ3) is 6.35. The van der Waals surface area contributed by atoms with E-state index in [1.54, 1.807) is 0 Å². The van der Waals surface area contributed by atoms with Crippen LogP contribution in [0.5, 0.6) is 0 Å². The normalized spacial score (nSPS) is 10.0. The number of nitrogens with zero attached hydrogens (tertiary/aromatic N) is 2. The highest BCUT2D eigenvalue weighted by Crippen LogP contribution is 2.14. The van der Waals surface area contributed by atoms with Gasteiger partial charge in [-0.25, -0.2) is 14.4 Å². The van der Waals surface area contributed by atoms with E-state index in [0.29, 0.717) is 0 Å². The van der Waals surface area contributed by atoms with Gasteiger partial charge < -0.3 is 9.47 Å². The number of Topliss-reactive ketones (excluding diaryl/α,β-unsaturated/α-hetero) is 1. The summed E-state index contributed by atoms with van der Waals surface area (Å²) in [6.07, 6.45) is -1.41. The quantitative estimate of drug-likeness (QED) is 0.190. The molecule has 0 saturated heterocycles. The number of hydrogen-bond acceptors (Lipinski definition) is 11. The second-order valence-electron chi connectivity index (χ2n) is 5.97. The van der Waals surface area contributed by atoms with Gasteiger partial charge in [-0.1, -0.05) is 0 Å². The Hall–Kier alpha value is -4.81. The summed E-state index contributed by atoms with van der Waals surface area (Å²) in [4.78, 5) is 78.5. The smallest absolute Gasteiger partial charge is 0.382 e. The molecule has 0 heterocycles. The van der Waals surface area contributed by atoms with Gasteiger partial charge in [0, 0.05) is 30.7 Å². The van der Waals surface area contributed by atoms with Crippen LogP contribution in [0.15, 0.2) is 48.5 Å². The Morgan fingerprint density at radius 3 is 1.47 bits per heavy atom. The number of hydrogen-bond donors (Lipinski definition) is 0. The Morgan fingerprint density at radius 1 is 0.656 bits per heavy atom. The highest BCUT2D eigenvalue weighted by atomic mass is 16.6. The summed E-state index contributed by atoms with van der Waals surface area (Å²) in [6.45, 7) is 0. The fraction of sp³-hybridized carbons (Fsp3) is 0.105. The fourth-order valence-corrected chi connectivity index (χ4v) is 2.17. The lowest BCUT2D eigenvalue weighted by Gasteiger charge is -2.04. The standard InChI is InChI=1S/C19H12N2O11/c22-15(19(26)32-18(25)12-3-7-14(8-4-12)21(29)30)9-10-16(23)31-17(24)11-1-5-13(6-2-11)20(27)28/h1-8H,9-10H2. The molecule has 0 atom stereocenters. The van der Waals surface area contributed by atoms with Crippen LogP contribution >= 0.6 is 0 Å². The van der Waals surface area contributed by atoms with Crippen molar-refractivity contribution >= 4 is 41.0 Å². The van der Waals surface area contributed by atoms with Gasteiger partial charge in [0.05, 0.1) is 27.4 Å². The van der Waals surface area contributed by atoms with E-state index in [1.165, 1.54) is 0 Å². The van der Waals surface area contributed by atoms with Crippen molar-refractivity contribution in [3.63, 3.8) is 0 Å². The summed E-state index contributed by atoms with van der Waals surface area (Å²) in [5.74, 6) is -6.32. The minimum atomic E-state index is -1.57. The van der Waals surface area contributed by atoms with E-state index in [1.807, 2.05) is 0 Å². The third-order valence-corrected chi connectivity index (χ3v) is 3.80. The molecule has 0 aromatic heterocycles. The van der Waals surface area contributed by atoms with Crippen LogP contribution in [0.2, 0.25) is 0 Å². The van der Waals surface area contributed by atoms with Crippen LogP contribution in [0.1, 0.15) is 33.6 Å². The van der Waals surface area contributed by atoms with Crippen molar-refractivity contribution in [1.29, 1.82) is 0 Å². The minimum Gasteiger partial charge on any atom is -0.389 e. The van der Waals surface area contributed by atoms with Crippen molar-refractivity contribution in [2.24, 2.45) is 0 Å². The van der Waals surface area contributed by atoms with Crippen LogP contribution in [0.3, 0.4) is 0 Å². The number of nitro benzene ring substituents is 2. The van der Waals surface area contributed by atoms with E-state index >= 15 is 0 Å². The molecule has 13 nitrogen and oxygen atoms in total. The minimum absolute atomic E-state index is 0.150. The van der Waals surface area contributed by atoms with Crippen molar-refractivity contribution in [3.8, 4) is 0 Å². The van der Waals surface area contributed by atoms with Gasteiger partial charge in [0.25, 0.3) is 11.4 Å². The van der Waals surface area contributed by atoms with Crippen molar-refractivity contribution in [2.75, 3.05) is 0 Å². The molecule has 32 heavy (non-hydrogen) atoms. The first-order valence-electron chi connectivity index (χ1n) is 8.61. The van der Waals surface area contributed by atoms with E-state index in [0.717, 1.165) is 48.5 Å². The largest absolute Gasteiger partial charge is 0.389 e. The maximum atomic E-state index is 11.8. The number of non-ortho nitro benzene ring substituents is 2. The molecule has 0 amide bonds. The highest BCUT2D eigenvalue weighted by molar-refractivity contribution is 6.35. The van der Waals surface area contributed by atoms with Crippen LogP contribution < -0.4 is 0 Å². The zero-order chi connectivity index (χ0) is 23.8. The highest BCUT2D eigenvalue weighted by Gasteiger charge is 2.23. The zero-order valence-corrected chi connectivity index (χ0v) is 15.9. The number of nitro groups is 2. The SMILES string of the molecule is O=C(CCC(=O)C(=O)OC(=O)c1ccc([N+](=O)[O-])cc1)OC(=O)c1ccc([N+](=O)[O-])cc1. The zero-order valence-electron chi connectivity index (χ0n) is 15.9. The molecular weight excluding hydrogens is 432 g/mol. The van der Waals surface area contributed by atoms with Crippen molar-refractivity contribution in [2.45, 2.75) is 12.8 Å². The van der Waals surface area contributed by atoms with Crippen LogP contribution in [-0.2, 0) is 23.9 Å². The number of ether oxygens (including phenoxy) is 2. The first-order chi connectivity index (χ1) is 15.1. The molecule has 0 aliphatic carbocycles. The van der Waals surface area contributed by atoms with Crippen LogP contribution in [0, 0.1) is 20.2 Å². The number of benzene rings is 2. The lowest BCUT2D eigenvalue weighted by molar-refractivity contribution is -0.385. The maximum Gasteiger partial charge on any atom is 0.382 e. The van der Waals surface area contributed by atoms with Gasteiger partial charge in [0.1, 0.15) is 0 Å². The van der Waals surface area contributed by atoms with E-state index in [2.05, 4.69) is 9.47 Å². The monoisotopic (exact) mass is 444 g/mol. The molecule has 0 aliphatic heterocycles. The number of rotatable bonds is 8. The Morgan fingerprint density at radius 2 is 1.06 bits per heavy atom. The molecule has 0 saturated carbocycles. The van der Waals surface area contributed by atoms with Gasteiger partial charge in [0.2, 0.25) is 5.78 Å². The van der Waals surface area contributed by atoms with Crippen molar-refractivity contribution < 1.29 is 43.3 Å². The second-order valence-corrected chi connectivity index (χ2v) is 5.97. The van der Waals surface area contributed by atoms with Gasteiger partial charge in [-0.2, -0.15) is 0 Å². The lowest BCUT2D eigenvalue weighted by Crippen LogP contribution is -2.22. The van der Waals surface area contributed by atoms with Crippen molar-refractivity contribution in [3.05, 3.63) is 79.9 Å². The molecule has 0 aliphatic rings. The Kier molecular flexibility index (Phi) is 7.55.